The van der Waals surface area contributed by atoms with Gasteiger partial charge in [-0.1, -0.05) is 25.7 Å². The average molecular weight is 211 g/mol. The van der Waals surface area contributed by atoms with Crippen molar-refractivity contribution in [2.45, 2.75) is 57.4 Å². The fraction of sp³-hybridized carbons (Fsp3) is 1.00. The summed E-state index contributed by atoms with van der Waals surface area (Å²) >= 11 is 0. The maximum absolute atomic E-state index is 5.61. The smallest absolute Gasteiger partial charge is 0.0478 e. The van der Waals surface area contributed by atoms with E-state index < -0.39 is 0 Å². The molecule has 2 nitrogen and oxygen atoms in total. The average Bonchev–Trinajstić information content (AvgIpc) is 2.92. The van der Waals surface area contributed by atoms with Crippen LogP contribution in [-0.4, -0.2) is 25.8 Å². The second kappa shape index (κ2) is 6.49. The summed E-state index contributed by atoms with van der Waals surface area (Å²) in [6.07, 6.45) is 11.0. The van der Waals surface area contributed by atoms with Crippen LogP contribution >= 0.6 is 0 Å². The zero-order chi connectivity index (χ0) is 10.3. The molecule has 0 unspecified atom stereocenters. The van der Waals surface area contributed by atoms with Crippen LogP contribution in [0.2, 0.25) is 0 Å². The van der Waals surface area contributed by atoms with E-state index in [0.717, 1.165) is 31.7 Å². The molecule has 0 aromatic carbocycles. The molecule has 15 heavy (non-hydrogen) atoms. The van der Waals surface area contributed by atoms with Gasteiger partial charge in [0.2, 0.25) is 0 Å². The summed E-state index contributed by atoms with van der Waals surface area (Å²) in [5.41, 5.74) is 0. The van der Waals surface area contributed by atoms with Gasteiger partial charge in [-0.05, 0) is 38.1 Å². The molecule has 2 aliphatic rings. The minimum Gasteiger partial charge on any atom is -0.381 e. The number of hydrogen-bond acceptors (Lipinski definition) is 2. The van der Waals surface area contributed by atoms with Gasteiger partial charge in [-0.15, -0.1) is 0 Å². The molecule has 2 rings (SSSR count). The second-order valence-electron chi connectivity index (χ2n) is 5.13. The van der Waals surface area contributed by atoms with Crippen LogP contribution in [0, 0.1) is 5.92 Å². The van der Waals surface area contributed by atoms with Crippen molar-refractivity contribution in [1.29, 1.82) is 0 Å². The monoisotopic (exact) mass is 211 g/mol. The van der Waals surface area contributed by atoms with Crippen molar-refractivity contribution in [3.8, 4) is 0 Å². The van der Waals surface area contributed by atoms with Gasteiger partial charge >= 0.3 is 0 Å². The normalized spacial score (nSPS) is 22.4. The van der Waals surface area contributed by atoms with E-state index in [0.29, 0.717) is 0 Å². The molecule has 0 spiro atoms. The summed E-state index contributed by atoms with van der Waals surface area (Å²) in [7, 11) is 0. The van der Waals surface area contributed by atoms with Gasteiger partial charge in [-0.25, -0.2) is 0 Å². The lowest BCUT2D eigenvalue weighted by Crippen LogP contribution is -2.27. The standard InChI is InChI=1S/C13H25NO/c1-2-5-13(4-1)14-9-3-10-15-11-8-12-6-7-12/h12-14H,1-11H2. The van der Waals surface area contributed by atoms with E-state index in [1.807, 2.05) is 0 Å². The summed E-state index contributed by atoms with van der Waals surface area (Å²) < 4.78 is 5.61. The quantitative estimate of drug-likeness (QED) is 0.623. The Balaban J connectivity index is 1.32. The first-order valence-corrected chi connectivity index (χ1v) is 6.76. The maximum atomic E-state index is 5.61. The minimum absolute atomic E-state index is 0.816. The van der Waals surface area contributed by atoms with E-state index >= 15 is 0 Å². The van der Waals surface area contributed by atoms with Gasteiger partial charge in [0.1, 0.15) is 0 Å². The van der Waals surface area contributed by atoms with Crippen LogP contribution in [0.1, 0.15) is 51.4 Å². The molecule has 0 aliphatic heterocycles. The lowest BCUT2D eigenvalue weighted by Gasteiger charge is -2.11. The fourth-order valence-corrected chi connectivity index (χ4v) is 2.37. The van der Waals surface area contributed by atoms with Crippen LogP contribution < -0.4 is 5.32 Å². The van der Waals surface area contributed by atoms with E-state index in [2.05, 4.69) is 5.32 Å². The molecule has 2 fully saturated rings. The highest BCUT2D eigenvalue weighted by molar-refractivity contribution is 4.73. The topological polar surface area (TPSA) is 21.3 Å². The Morgan fingerprint density at radius 1 is 1.00 bits per heavy atom. The summed E-state index contributed by atoms with van der Waals surface area (Å²) in [5, 5.41) is 3.61. The summed E-state index contributed by atoms with van der Waals surface area (Å²) in [5.74, 6) is 1.02. The molecule has 0 bridgehead atoms. The zero-order valence-electron chi connectivity index (χ0n) is 9.84. The molecule has 0 amide bonds. The third kappa shape index (κ3) is 4.98. The Hall–Kier alpha value is -0.0800. The predicted molar refractivity (Wildman–Crippen MR) is 63.0 cm³/mol. The summed E-state index contributed by atoms with van der Waals surface area (Å²) in [4.78, 5) is 0. The van der Waals surface area contributed by atoms with E-state index in [4.69, 9.17) is 4.74 Å². The first kappa shape index (κ1) is 11.4. The SMILES string of the molecule is C(CNC1CCCC1)COCCC1CC1. The largest absolute Gasteiger partial charge is 0.381 e. The van der Waals surface area contributed by atoms with Gasteiger partial charge < -0.3 is 10.1 Å². The van der Waals surface area contributed by atoms with Gasteiger partial charge in [0.05, 0.1) is 0 Å². The van der Waals surface area contributed by atoms with Gasteiger partial charge in [0.15, 0.2) is 0 Å². The van der Waals surface area contributed by atoms with Crippen molar-refractivity contribution >= 4 is 0 Å². The molecular formula is C13H25NO. The summed E-state index contributed by atoms with van der Waals surface area (Å²) in [6.45, 7) is 3.09. The van der Waals surface area contributed by atoms with Crippen molar-refractivity contribution in [1.82, 2.24) is 5.32 Å². The highest BCUT2D eigenvalue weighted by atomic mass is 16.5. The van der Waals surface area contributed by atoms with Crippen LogP contribution in [0.15, 0.2) is 0 Å². The molecule has 1 N–H and O–H groups in total. The van der Waals surface area contributed by atoms with Crippen LogP contribution in [0.25, 0.3) is 0 Å². The number of nitrogens with one attached hydrogen (secondary N) is 1. The Labute approximate surface area is 93.8 Å². The highest BCUT2D eigenvalue weighted by Crippen LogP contribution is 2.32. The first-order chi connectivity index (χ1) is 7.45. The Kier molecular flexibility index (Phi) is 4.94. The lowest BCUT2D eigenvalue weighted by atomic mass is 10.2. The third-order valence-corrected chi connectivity index (χ3v) is 3.62. The Morgan fingerprint density at radius 2 is 1.80 bits per heavy atom. The lowest BCUT2D eigenvalue weighted by molar-refractivity contribution is 0.125. The van der Waals surface area contributed by atoms with Crippen molar-refractivity contribution < 1.29 is 4.74 Å². The highest BCUT2D eigenvalue weighted by Gasteiger charge is 2.20. The number of ether oxygens (including phenoxy) is 1. The zero-order valence-corrected chi connectivity index (χ0v) is 9.84. The van der Waals surface area contributed by atoms with Crippen LogP contribution in [-0.2, 0) is 4.74 Å². The molecule has 2 heteroatoms. The Morgan fingerprint density at radius 3 is 2.53 bits per heavy atom. The maximum Gasteiger partial charge on any atom is 0.0478 e. The van der Waals surface area contributed by atoms with Gasteiger partial charge in [0.25, 0.3) is 0 Å². The molecule has 0 aromatic heterocycles. The third-order valence-electron chi connectivity index (χ3n) is 3.62. The van der Waals surface area contributed by atoms with Crippen LogP contribution in [0.3, 0.4) is 0 Å². The van der Waals surface area contributed by atoms with Gasteiger partial charge in [-0.3, -0.25) is 0 Å². The molecule has 2 saturated carbocycles. The first-order valence-electron chi connectivity index (χ1n) is 6.76. The van der Waals surface area contributed by atoms with Crippen molar-refractivity contribution in [3.63, 3.8) is 0 Å². The number of hydrogen-bond donors (Lipinski definition) is 1. The molecule has 88 valence electrons. The van der Waals surface area contributed by atoms with Gasteiger partial charge in [-0.2, -0.15) is 0 Å². The molecule has 0 atom stereocenters. The fourth-order valence-electron chi connectivity index (χ4n) is 2.37. The van der Waals surface area contributed by atoms with Crippen molar-refractivity contribution in [2.24, 2.45) is 5.92 Å². The Bertz CT molecular complexity index is 162. The van der Waals surface area contributed by atoms with E-state index in [-0.39, 0.29) is 0 Å². The number of rotatable bonds is 8. The summed E-state index contributed by atoms with van der Waals surface area (Å²) in [6, 6.07) is 0.816. The molecule has 0 saturated heterocycles. The second-order valence-corrected chi connectivity index (χ2v) is 5.13. The molecular weight excluding hydrogens is 186 g/mol. The van der Waals surface area contributed by atoms with E-state index in [1.54, 1.807) is 0 Å². The van der Waals surface area contributed by atoms with Crippen molar-refractivity contribution in [3.05, 3.63) is 0 Å². The van der Waals surface area contributed by atoms with Gasteiger partial charge in [0, 0.05) is 19.3 Å². The van der Waals surface area contributed by atoms with Crippen LogP contribution in [0.4, 0.5) is 0 Å². The molecule has 0 aromatic rings. The van der Waals surface area contributed by atoms with Crippen molar-refractivity contribution in [2.75, 3.05) is 19.8 Å². The van der Waals surface area contributed by atoms with E-state index in [9.17, 15) is 0 Å². The van der Waals surface area contributed by atoms with E-state index in [1.165, 1.54) is 51.4 Å². The molecule has 0 radical (unpaired) electrons. The molecule has 2 aliphatic carbocycles. The molecule has 0 heterocycles. The minimum atomic E-state index is 0.816. The predicted octanol–water partition coefficient (Wildman–Crippen LogP) is 2.73. The van der Waals surface area contributed by atoms with Crippen LogP contribution in [0.5, 0.6) is 0 Å².